The molecule has 0 saturated heterocycles. The van der Waals surface area contributed by atoms with Crippen LogP contribution in [0, 0.1) is 0 Å². The Morgan fingerprint density at radius 1 is 0.969 bits per heavy atom. The van der Waals surface area contributed by atoms with Crippen molar-refractivity contribution >= 4 is 23.5 Å². The Morgan fingerprint density at radius 2 is 1.69 bits per heavy atom. The molecule has 0 radical (unpaired) electrons. The second kappa shape index (κ2) is 10.7. The number of rotatable bonds is 8. The van der Waals surface area contributed by atoms with Crippen LogP contribution in [0.3, 0.4) is 0 Å². The van der Waals surface area contributed by atoms with Crippen molar-refractivity contribution in [2.75, 3.05) is 12.4 Å². The number of hydrogen-bond donors (Lipinski definition) is 3. The van der Waals surface area contributed by atoms with E-state index in [1.165, 1.54) is 37.6 Å². The van der Waals surface area contributed by atoms with Gasteiger partial charge in [0, 0.05) is 29.7 Å². The molecule has 8 heteroatoms. The third-order valence-corrected chi connectivity index (χ3v) is 4.72. The number of ether oxygens (including phenoxy) is 1. The first-order valence-electron chi connectivity index (χ1n) is 9.91. The van der Waals surface area contributed by atoms with Crippen LogP contribution in [-0.4, -0.2) is 41.0 Å². The molecule has 8 nitrogen and oxygen atoms in total. The van der Waals surface area contributed by atoms with E-state index in [4.69, 9.17) is 4.74 Å². The molecule has 3 aromatic rings. The Labute approximate surface area is 185 Å². The smallest absolute Gasteiger partial charge is 0.307 e. The van der Waals surface area contributed by atoms with Gasteiger partial charge in [0.25, 0.3) is 11.8 Å². The van der Waals surface area contributed by atoms with Gasteiger partial charge in [-0.3, -0.25) is 19.4 Å². The van der Waals surface area contributed by atoms with Crippen LogP contribution in [-0.2, 0) is 16.0 Å². The molecule has 0 fully saturated rings. The van der Waals surface area contributed by atoms with Crippen molar-refractivity contribution in [1.29, 1.82) is 0 Å². The number of benzene rings is 2. The summed E-state index contributed by atoms with van der Waals surface area (Å²) < 4.78 is 4.75. The molecule has 0 aliphatic carbocycles. The molecule has 2 amide bonds. The Morgan fingerprint density at radius 3 is 2.31 bits per heavy atom. The van der Waals surface area contributed by atoms with Crippen LogP contribution < -0.4 is 10.6 Å². The van der Waals surface area contributed by atoms with Crippen molar-refractivity contribution in [3.05, 3.63) is 89.7 Å². The summed E-state index contributed by atoms with van der Waals surface area (Å²) in [6.45, 7) is 0. The number of esters is 1. The average Bonchev–Trinajstić information content (AvgIpc) is 2.81. The fourth-order valence-corrected chi connectivity index (χ4v) is 3.05. The van der Waals surface area contributed by atoms with Gasteiger partial charge in [-0.25, -0.2) is 0 Å². The highest BCUT2D eigenvalue weighted by molar-refractivity contribution is 6.04. The number of nitrogens with one attached hydrogen (secondary N) is 2. The Hall–Kier alpha value is -4.20. The minimum atomic E-state index is -0.479. The predicted molar refractivity (Wildman–Crippen MR) is 118 cm³/mol. The highest BCUT2D eigenvalue weighted by Gasteiger charge is 2.19. The Bertz CT molecular complexity index is 1070. The van der Waals surface area contributed by atoms with Gasteiger partial charge >= 0.3 is 5.97 Å². The number of carbonyl (C=O) groups excluding carboxylic acids is 3. The zero-order valence-electron chi connectivity index (χ0n) is 17.4. The molecule has 1 atom stereocenters. The molecule has 0 saturated carbocycles. The number of anilines is 1. The van der Waals surface area contributed by atoms with Crippen LogP contribution in [0.4, 0.5) is 5.69 Å². The summed E-state index contributed by atoms with van der Waals surface area (Å²) in [6.07, 6.45) is 3.44. The van der Waals surface area contributed by atoms with E-state index < -0.39 is 12.0 Å². The summed E-state index contributed by atoms with van der Waals surface area (Å²) in [6, 6.07) is 15.9. The monoisotopic (exact) mass is 433 g/mol. The zero-order chi connectivity index (χ0) is 22.9. The predicted octanol–water partition coefficient (Wildman–Crippen LogP) is 2.94. The van der Waals surface area contributed by atoms with Crippen molar-refractivity contribution in [2.45, 2.75) is 18.9 Å². The van der Waals surface area contributed by atoms with Gasteiger partial charge in [-0.05, 0) is 60.5 Å². The molecule has 0 spiro atoms. The maximum absolute atomic E-state index is 12.5. The summed E-state index contributed by atoms with van der Waals surface area (Å²) in [7, 11) is 1.30. The highest BCUT2D eigenvalue weighted by Crippen LogP contribution is 2.16. The lowest BCUT2D eigenvalue weighted by molar-refractivity contribution is -0.141. The number of amides is 2. The maximum atomic E-state index is 12.5. The summed E-state index contributed by atoms with van der Waals surface area (Å²) >= 11 is 0. The van der Waals surface area contributed by atoms with Gasteiger partial charge in [-0.15, -0.1) is 0 Å². The molecule has 32 heavy (non-hydrogen) atoms. The number of phenols is 1. The minimum absolute atomic E-state index is 0.0157. The van der Waals surface area contributed by atoms with Crippen LogP contribution >= 0.6 is 0 Å². The fourth-order valence-electron chi connectivity index (χ4n) is 3.05. The van der Waals surface area contributed by atoms with Gasteiger partial charge in [0.2, 0.25) is 0 Å². The molecule has 3 N–H and O–H groups in total. The van der Waals surface area contributed by atoms with Crippen molar-refractivity contribution in [3.8, 4) is 5.75 Å². The second-order valence-electron chi connectivity index (χ2n) is 7.09. The average molecular weight is 433 g/mol. The van der Waals surface area contributed by atoms with Crippen LogP contribution in [0.1, 0.15) is 32.7 Å². The van der Waals surface area contributed by atoms with Gasteiger partial charge in [0.05, 0.1) is 19.1 Å². The van der Waals surface area contributed by atoms with E-state index >= 15 is 0 Å². The molecule has 0 unspecified atom stereocenters. The first-order valence-corrected chi connectivity index (χ1v) is 9.91. The summed E-state index contributed by atoms with van der Waals surface area (Å²) in [4.78, 5) is 40.5. The number of methoxy groups -OCH3 is 1. The standard InChI is InChI=1S/C24H23N3O5/c1-32-22(29)14-20(27-24(31)18-3-2-12-25-15-18)13-16-4-8-19(9-5-16)26-23(30)17-6-10-21(28)11-7-17/h2-12,15,20,28H,13-14H2,1H3,(H,26,30)(H,27,31)/t20-/m0/s1. The number of pyridine rings is 1. The summed E-state index contributed by atoms with van der Waals surface area (Å²) in [5, 5.41) is 15.0. The van der Waals surface area contributed by atoms with Crippen molar-refractivity contribution in [3.63, 3.8) is 0 Å². The molecule has 0 aliphatic heterocycles. The van der Waals surface area contributed by atoms with Crippen LogP contribution in [0.2, 0.25) is 0 Å². The normalized spacial score (nSPS) is 11.3. The third-order valence-electron chi connectivity index (χ3n) is 4.72. The lowest BCUT2D eigenvalue weighted by atomic mass is 10.0. The van der Waals surface area contributed by atoms with Crippen LogP contribution in [0.15, 0.2) is 73.1 Å². The Kier molecular flexibility index (Phi) is 7.53. The van der Waals surface area contributed by atoms with E-state index in [1.54, 1.807) is 30.5 Å². The van der Waals surface area contributed by atoms with E-state index in [0.29, 0.717) is 23.2 Å². The van der Waals surface area contributed by atoms with Crippen LogP contribution in [0.5, 0.6) is 5.75 Å². The first-order chi connectivity index (χ1) is 15.4. The number of nitrogens with zero attached hydrogens (tertiary/aromatic N) is 1. The molecular formula is C24H23N3O5. The van der Waals surface area contributed by atoms with E-state index in [-0.39, 0.29) is 24.0 Å². The quantitative estimate of drug-likeness (QED) is 0.470. The van der Waals surface area contributed by atoms with Crippen molar-refractivity contribution in [2.24, 2.45) is 0 Å². The third kappa shape index (κ3) is 6.40. The first kappa shape index (κ1) is 22.5. The molecule has 0 bridgehead atoms. The van der Waals surface area contributed by atoms with E-state index in [1.807, 2.05) is 12.1 Å². The van der Waals surface area contributed by atoms with E-state index in [2.05, 4.69) is 15.6 Å². The van der Waals surface area contributed by atoms with Gasteiger partial charge in [0.1, 0.15) is 5.75 Å². The van der Waals surface area contributed by atoms with Gasteiger partial charge in [-0.2, -0.15) is 0 Å². The van der Waals surface area contributed by atoms with Gasteiger partial charge in [0.15, 0.2) is 0 Å². The van der Waals surface area contributed by atoms with Crippen LogP contribution in [0.25, 0.3) is 0 Å². The highest BCUT2D eigenvalue weighted by atomic mass is 16.5. The summed E-state index contributed by atoms with van der Waals surface area (Å²) in [5.74, 6) is -0.975. The molecule has 3 rings (SSSR count). The number of carbonyl (C=O) groups is 3. The number of phenolic OH excluding ortho intramolecular Hbond substituents is 1. The fraction of sp³-hybridized carbons (Fsp3) is 0.167. The van der Waals surface area contributed by atoms with Gasteiger partial charge in [-0.1, -0.05) is 12.1 Å². The molecule has 164 valence electrons. The Balaban J connectivity index is 1.65. The minimum Gasteiger partial charge on any atom is -0.508 e. The summed E-state index contributed by atoms with van der Waals surface area (Å²) in [5.41, 5.74) is 2.28. The molecular weight excluding hydrogens is 410 g/mol. The largest absolute Gasteiger partial charge is 0.508 e. The molecule has 0 aliphatic rings. The molecule has 2 aromatic carbocycles. The lowest BCUT2D eigenvalue weighted by Crippen LogP contribution is -2.38. The van der Waals surface area contributed by atoms with E-state index in [0.717, 1.165) is 5.56 Å². The van der Waals surface area contributed by atoms with Crippen molar-refractivity contribution in [1.82, 2.24) is 10.3 Å². The van der Waals surface area contributed by atoms with Gasteiger partial charge < -0.3 is 20.5 Å². The second-order valence-corrected chi connectivity index (χ2v) is 7.09. The molecule has 1 aromatic heterocycles. The maximum Gasteiger partial charge on any atom is 0.307 e. The number of hydrogen-bond acceptors (Lipinski definition) is 6. The SMILES string of the molecule is COC(=O)C[C@H](Cc1ccc(NC(=O)c2ccc(O)cc2)cc1)NC(=O)c1cccnc1. The number of aromatic nitrogens is 1. The zero-order valence-corrected chi connectivity index (χ0v) is 17.4. The number of aromatic hydroxyl groups is 1. The molecule has 1 heterocycles. The topological polar surface area (TPSA) is 118 Å². The van der Waals surface area contributed by atoms with E-state index in [9.17, 15) is 19.5 Å². The lowest BCUT2D eigenvalue weighted by Gasteiger charge is -2.18. The van der Waals surface area contributed by atoms with Crippen molar-refractivity contribution < 1.29 is 24.2 Å².